The predicted octanol–water partition coefficient (Wildman–Crippen LogP) is 0.695. The van der Waals surface area contributed by atoms with Crippen molar-refractivity contribution >= 4 is 15.8 Å². The Morgan fingerprint density at radius 1 is 1.56 bits per heavy atom. The third-order valence-electron chi connectivity index (χ3n) is 2.24. The second-order valence-corrected chi connectivity index (χ2v) is 5.63. The van der Waals surface area contributed by atoms with Crippen LogP contribution < -0.4 is 0 Å². The van der Waals surface area contributed by atoms with Crippen LogP contribution in [0, 0.1) is 0 Å². The summed E-state index contributed by atoms with van der Waals surface area (Å²) >= 11 is 0. The number of furan rings is 1. The minimum atomic E-state index is -3.58. The molecule has 7 nitrogen and oxygen atoms in total. The molecular weight excluding hydrogens is 260 g/mol. The van der Waals surface area contributed by atoms with Gasteiger partial charge < -0.3 is 14.5 Å². The van der Waals surface area contributed by atoms with Gasteiger partial charge in [-0.1, -0.05) is 0 Å². The van der Waals surface area contributed by atoms with E-state index in [0.717, 1.165) is 6.26 Å². The van der Waals surface area contributed by atoms with Crippen molar-refractivity contribution in [1.82, 2.24) is 9.97 Å². The predicted molar refractivity (Wildman–Crippen MR) is 60.2 cm³/mol. The lowest BCUT2D eigenvalue weighted by Gasteiger charge is -1.95. The highest BCUT2D eigenvalue weighted by Gasteiger charge is 2.22. The number of carbonyl (C=O) groups is 1. The van der Waals surface area contributed by atoms with Crippen molar-refractivity contribution < 1.29 is 22.7 Å². The van der Waals surface area contributed by atoms with Crippen LogP contribution >= 0.6 is 0 Å². The van der Waals surface area contributed by atoms with Crippen molar-refractivity contribution in [2.24, 2.45) is 0 Å². The van der Waals surface area contributed by atoms with Gasteiger partial charge in [0, 0.05) is 12.7 Å². The molecule has 0 bridgehead atoms. The molecule has 0 fully saturated rings. The second-order valence-electron chi connectivity index (χ2n) is 3.70. The molecule has 0 saturated carbocycles. The number of aromatic nitrogens is 2. The van der Waals surface area contributed by atoms with E-state index < -0.39 is 15.8 Å². The zero-order valence-corrected chi connectivity index (χ0v) is 10.2. The molecule has 0 saturated heterocycles. The normalized spacial score (nSPS) is 11.6. The molecule has 0 aromatic carbocycles. The van der Waals surface area contributed by atoms with Gasteiger partial charge in [0.2, 0.25) is 15.0 Å². The maximum atomic E-state index is 11.3. The summed E-state index contributed by atoms with van der Waals surface area (Å²) in [7, 11) is -3.58. The maximum Gasteiger partial charge on any atom is 0.356 e. The Morgan fingerprint density at radius 3 is 2.78 bits per heavy atom. The van der Waals surface area contributed by atoms with E-state index in [2.05, 4.69) is 9.97 Å². The number of nitrogens with one attached hydrogen (secondary N) is 1. The standard InChI is InChI=1S/C10H10N2O5S/c1-18(15,16)10-11-7(8(12-10)9(13)14)5-6-3-2-4-17-6/h2-4H,5H2,1H3,(H,11,12)(H,13,14). The lowest BCUT2D eigenvalue weighted by atomic mass is 10.2. The summed E-state index contributed by atoms with van der Waals surface area (Å²) in [5.41, 5.74) is -0.121. The molecule has 0 aliphatic carbocycles. The van der Waals surface area contributed by atoms with E-state index in [4.69, 9.17) is 9.52 Å². The van der Waals surface area contributed by atoms with E-state index in [1.807, 2.05) is 0 Å². The average molecular weight is 270 g/mol. The smallest absolute Gasteiger partial charge is 0.356 e. The van der Waals surface area contributed by atoms with Crippen LogP contribution in [0.25, 0.3) is 0 Å². The summed E-state index contributed by atoms with van der Waals surface area (Å²) in [6.07, 6.45) is 2.54. The van der Waals surface area contributed by atoms with Gasteiger partial charge in [-0.3, -0.25) is 0 Å². The van der Waals surface area contributed by atoms with Crippen LogP contribution in [0.2, 0.25) is 0 Å². The Bertz CT molecular complexity index is 669. The maximum absolute atomic E-state index is 11.3. The fourth-order valence-corrected chi connectivity index (χ4v) is 2.02. The number of rotatable bonds is 4. The van der Waals surface area contributed by atoms with Gasteiger partial charge in [-0.25, -0.2) is 18.2 Å². The van der Waals surface area contributed by atoms with E-state index in [1.54, 1.807) is 12.1 Å². The molecule has 0 aliphatic heterocycles. The first-order valence-electron chi connectivity index (χ1n) is 4.92. The molecule has 0 spiro atoms. The first kappa shape index (κ1) is 12.4. The molecule has 8 heteroatoms. The Balaban J connectivity index is 2.45. The van der Waals surface area contributed by atoms with Crippen LogP contribution in [0.4, 0.5) is 0 Å². The van der Waals surface area contributed by atoms with Crippen molar-refractivity contribution in [1.29, 1.82) is 0 Å². The van der Waals surface area contributed by atoms with Crippen molar-refractivity contribution in [2.75, 3.05) is 6.26 Å². The molecule has 2 N–H and O–H groups in total. The summed E-state index contributed by atoms with van der Waals surface area (Å²) in [5, 5.41) is 8.61. The highest BCUT2D eigenvalue weighted by atomic mass is 32.2. The van der Waals surface area contributed by atoms with E-state index in [-0.39, 0.29) is 23.0 Å². The summed E-state index contributed by atoms with van der Waals surface area (Å²) in [6.45, 7) is 0. The summed E-state index contributed by atoms with van der Waals surface area (Å²) in [6, 6.07) is 3.32. The molecule has 2 aromatic rings. The van der Waals surface area contributed by atoms with Crippen LogP contribution in [-0.2, 0) is 16.3 Å². The number of H-pyrrole nitrogens is 1. The van der Waals surface area contributed by atoms with Gasteiger partial charge in [0.05, 0.1) is 12.0 Å². The van der Waals surface area contributed by atoms with E-state index in [0.29, 0.717) is 5.76 Å². The minimum Gasteiger partial charge on any atom is -0.476 e. The van der Waals surface area contributed by atoms with Gasteiger partial charge in [0.25, 0.3) is 0 Å². The monoisotopic (exact) mass is 270 g/mol. The van der Waals surface area contributed by atoms with Crippen molar-refractivity contribution in [3.8, 4) is 0 Å². The number of hydrogen-bond donors (Lipinski definition) is 2. The second kappa shape index (κ2) is 4.30. The third-order valence-corrected chi connectivity index (χ3v) is 3.14. The number of imidazole rings is 1. The van der Waals surface area contributed by atoms with Gasteiger partial charge in [-0.05, 0) is 12.1 Å². The molecule has 0 amide bonds. The van der Waals surface area contributed by atoms with E-state index >= 15 is 0 Å². The number of sulfone groups is 1. The van der Waals surface area contributed by atoms with Crippen molar-refractivity contribution in [3.63, 3.8) is 0 Å². The molecule has 96 valence electrons. The number of hydrogen-bond acceptors (Lipinski definition) is 5. The zero-order valence-electron chi connectivity index (χ0n) is 9.37. The van der Waals surface area contributed by atoms with Crippen molar-refractivity contribution in [3.05, 3.63) is 35.5 Å². The van der Waals surface area contributed by atoms with Gasteiger partial charge in [0.1, 0.15) is 5.76 Å². The Labute approximate surface area is 102 Å². The van der Waals surface area contributed by atoms with Crippen molar-refractivity contribution in [2.45, 2.75) is 11.6 Å². The van der Waals surface area contributed by atoms with Crippen LogP contribution in [-0.4, -0.2) is 35.7 Å². The highest BCUT2D eigenvalue weighted by molar-refractivity contribution is 7.90. The first-order valence-corrected chi connectivity index (χ1v) is 6.81. The number of nitrogens with zero attached hydrogens (tertiary/aromatic N) is 1. The molecular formula is C10H10N2O5S. The minimum absolute atomic E-state index is 0.136. The lowest BCUT2D eigenvalue weighted by Crippen LogP contribution is -2.02. The molecule has 0 radical (unpaired) electrons. The van der Waals surface area contributed by atoms with Gasteiger partial charge in [0.15, 0.2) is 5.69 Å². The fraction of sp³-hybridized carbons (Fsp3) is 0.200. The molecule has 0 unspecified atom stereocenters. The van der Waals surface area contributed by atoms with Crippen LogP contribution in [0.5, 0.6) is 0 Å². The third kappa shape index (κ3) is 2.43. The molecule has 0 aliphatic rings. The lowest BCUT2D eigenvalue weighted by molar-refractivity contribution is 0.0689. The summed E-state index contributed by atoms with van der Waals surface area (Å²) in [5.74, 6) is -0.774. The summed E-state index contributed by atoms with van der Waals surface area (Å²) in [4.78, 5) is 17.1. The topological polar surface area (TPSA) is 113 Å². The fourth-order valence-electron chi connectivity index (χ4n) is 1.45. The largest absolute Gasteiger partial charge is 0.476 e. The molecule has 0 atom stereocenters. The van der Waals surface area contributed by atoms with Crippen LogP contribution in [0.15, 0.2) is 28.0 Å². The summed E-state index contributed by atoms with van der Waals surface area (Å²) < 4.78 is 27.7. The molecule has 2 heterocycles. The first-order chi connectivity index (χ1) is 8.38. The molecule has 2 rings (SSSR count). The number of aromatic amines is 1. The van der Waals surface area contributed by atoms with E-state index in [9.17, 15) is 13.2 Å². The quantitative estimate of drug-likeness (QED) is 0.845. The van der Waals surface area contributed by atoms with Crippen LogP contribution in [0.3, 0.4) is 0 Å². The average Bonchev–Trinajstić information content (AvgIpc) is 2.85. The van der Waals surface area contributed by atoms with Crippen LogP contribution in [0.1, 0.15) is 21.9 Å². The molecule has 18 heavy (non-hydrogen) atoms. The number of carboxylic acids is 1. The number of carboxylic acid groups (broad SMARTS) is 1. The Kier molecular flexibility index (Phi) is 2.95. The van der Waals surface area contributed by atoms with Gasteiger partial charge in [-0.15, -0.1) is 0 Å². The molecule has 2 aromatic heterocycles. The van der Waals surface area contributed by atoms with Gasteiger partial charge in [-0.2, -0.15) is 0 Å². The highest BCUT2D eigenvalue weighted by Crippen LogP contribution is 2.15. The Morgan fingerprint density at radius 2 is 2.28 bits per heavy atom. The SMILES string of the molecule is CS(=O)(=O)c1nc(C(=O)O)c(Cc2ccco2)[nH]1. The Hall–Kier alpha value is -2.09. The zero-order chi connectivity index (χ0) is 13.3. The van der Waals surface area contributed by atoms with Gasteiger partial charge >= 0.3 is 5.97 Å². The van der Waals surface area contributed by atoms with E-state index in [1.165, 1.54) is 6.26 Å². The number of aromatic carboxylic acids is 1.